The third kappa shape index (κ3) is 3.83. The van der Waals surface area contributed by atoms with Gasteiger partial charge >= 0.3 is 0 Å². The molecule has 2 N–H and O–H groups in total. The molecule has 1 heterocycles. The molecule has 1 aromatic carbocycles. The van der Waals surface area contributed by atoms with Crippen molar-refractivity contribution in [1.29, 1.82) is 0 Å². The van der Waals surface area contributed by atoms with Gasteiger partial charge in [-0.05, 0) is 62.9 Å². The van der Waals surface area contributed by atoms with Crippen LogP contribution in [0.1, 0.15) is 29.5 Å². The summed E-state index contributed by atoms with van der Waals surface area (Å²) in [6.45, 7) is 7.76. The molecule has 0 saturated carbocycles. The lowest BCUT2D eigenvalue weighted by molar-refractivity contribution is 0.537. The monoisotopic (exact) mass is 232 g/mol. The Morgan fingerprint density at radius 3 is 2.88 bits per heavy atom. The fraction of sp³-hybridized carbons (Fsp3) is 0.600. The summed E-state index contributed by atoms with van der Waals surface area (Å²) in [6, 6.07) is 7.49. The van der Waals surface area contributed by atoms with E-state index in [1.165, 1.54) is 36.1 Å². The lowest BCUT2D eigenvalue weighted by Gasteiger charge is -2.11. The number of hydrogen-bond donors (Lipinski definition) is 2. The smallest absolute Gasteiger partial charge is 0.0192 e. The molecule has 1 unspecified atom stereocenters. The average Bonchev–Trinajstić information content (AvgIpc) is 2.82. The topological polar surface area (TPSA) is 24.1 Å². The molecule has 0 radical (unpaired) electrons. The van der Waals surface area contributed by atoms with Gasteiger partial charge in [0.05, 0.1) is 0 Å². The van der Waals surface area contributed by atoms with Gasteiger partial charge in [0.1, 0.15) is 0 Å². The molecule has 0 amide bonds. The van der Waals surface area contributed by atoms with E-state index < -0.39 is 0 Å². The molecule has 1 aliphatic heterocycles. The highest BCUT2D eigenvalue weighted by atomic mass is 15.0. The largest absolute Gasteiger partial charge is 0.315 e. The maximum absolute atomic E-state index is 3.55. The predicted octanol–water partition coefficient (Wildman–Crippen LogP) is 2.19. The van der Waals surface area contributed by atoms with Gasteiger partial charge < -0.3 is 10.6 Å². The molecule has 2 nitrogen and oxygen atoms in total. The van der Waals surface area contributed by atoms with Crippen molar-refractivity contribution in [2.45, 2.75) is 39.2 Å². The van der Waals surface area contributed by atoms with Crippen molar-refractivity contribution < 1.29 is 0 Å². The Morgan fingerprint density at radius 1 is 1.29 bits per heavy atom. The summed E-state index contributed by atoms with van der Waals surface area (Å²) >= 11 is 0. The van der Waals surface area contributed by atoms with E-state index in [2.05, 4.69) is 42.7 Å². The van der Waals surface area contributed by atoms with E-state index in [-0.39, 0.29) is 0 Å². The summed E-state index contributed by atoms with van der Waals surface area (Å²) in [4.78, 5) is 0. The van der Waals surface area contributed by atoms with Crippen LogP contribution < -0.4 is 10.6 Å². The molecule has 0 spiro atoms. The Labute approximate surface area is 105 Å². The van der Waals surface area contributed by atoms with Crippen LogP contribution in [0.2, 0.25) is 0 Å². The highest BCUT2D eigenvalue weighted by Crippen LogP contribution is 2.10. The van der Waals surface area contributed by atoms with E-state index in [0.29, 0.717) is 6.04 Å². The molecule has 1 aliphatic rings. The Morgan fingerprint density at radius 2 is 2.18 bits per heavy atom. The van der Waals surface area contributed by atoms with Crippen molar-refractivity contribution in [2.75, 3.05) is 19.6 Å². The molecule has 2 heteroatoms. The highest BCUT2D eigenvalue weighted by Gasteiger charge is 2.12. The van der Waals surface area contributed by atoms with E-state index in [4.69, 9.17) is 0 Å². The predicted molar refractivity (Wildman–Crippen MR) is 73.5 cm³/mol. The quantitative estimate of drug-likeness (QED) is 0.760. The van der Waals surface area contributed by atoms with Crippen molar-refractivity contribution in [3.05, 3.63) is 34.9 Å². The molecule has 1 atom stereocenters. The molecular formula is C15H24N2. The van der Waals surface area contributed by atoms with Crippen molar-refractivity contribution >= 4 is 0 Å². The molecule has 0 aliphatic carbocycles. The van der Waals surface area contributed by atoms with Gasteiger partial charge in [-0.2, -0.15) is 0 Å². The second-order valence-electron chi connectivity index (χ2n) is 5.17. The molecule has 0 bridgehead atoms. The maximum Gasteiger partial charge on any atom is 0.0192 e. The number of hydrogen-bond acceptors (Lipinski definition) is 2. The van der Waals surface area contributed by atoms with Gasteiger partial charge in [-0.1, -0.05) is 18.2 Å². The minimum Gasteiger partial charge on any atom is -0.315 e. The van der Waals surface area contributed by atoms with Gasteiger partial charge in [-0.25, -0.2) is 0 Å². The second-order valence-corrected chi connectivity index (χ2v) is 5.17. The van der Waals surface area contributed by atoms with Crippen LogP contribution in [-0.4, -0.2) is 25.7 Å². The van der Waals surface area contributed by atoms with Gasteiger partial charge in [0.2, 0.25) is 0 Å². The molecule has 0 aromatic heterocycles. The lowest BCUT2D eigenvalue weighted by atomic mass is 10.0. The van der Waals surface area contributed by atoms with Crippen molar-refractivity contribution in [3.8, 4) is 0 Å². The highest BCUT2D eigenvalue weighted by molar-refractivity contribution is 5.29. The Bertz CT molecular complexity index is 354. The summed E-state index contributed by atoms with van der Waals surface area (Å²) in [7, 11) is 0. The fourth-order valence-corrected chi connectivity index (χ4v) is 2.40. The number of aryl methyl sites for hydroxylation is 2. The van der Waals surface area contributed by atoms with Gasteiger partial charge in [0.15, 0.2) is 0 Å². The Kier molecular flexibility index (Phi) is 4.57. The van der Waals surface area contributed by atoms with Crippen LogP contribution >= 0.6 is 0 Å². The van der Waals surface area contributed by atoms with Crippen LogP contribution in [0.4, 0.5) is 0 Å². The van der Waals surface area contributed by atoms with E-state index in [1.807, 2.05) is 0 Å². The first-order valence-electron chi connectivity index (χ1n) is 6.76. The van der Waals surface area contributed by atoms with Crippen LogP contribution in [0.15, 0.2) is 18.2 Å². The molecule has 1 saturated heterocycles. The van der Waals surface area contributed by atoms with Crippen LogP contribution in [0.3, 0.4) is 0 Å². The second kappa shape index (κ2) is 6.18. The van der Waals surface area contributed by atoms with Crippen molar-refractivity contribution in [3.63, 3.8) is 0 Å². The SMILES string of the molecule is Cc1ccc(CCNCC2CCCN2)cc1C. The van der Waals surface area contributed by atoms with E-state index in [1.54, 1.807) is 0 Å². The number of nitrogens with one attached hydrogen (secondary N) is 2. The number of benzene rings is 1. The standard InChI is InChI=1S/C15H24N2/c1-12-5-6-14(10-13(12)2)7-9-16-11-15-4-3-8-17-15/h5-6,10,15-17H,3-4,7-9,11H2,1-2H3. The van der Waals surface area contributed by atoms with E-state index >= 15 is 0 Å². The summed E-state index contributed by atoms with van der Waals surface area (Å²) in [5, 5.41) is 7.06. The molecule has 1 aromatic rings. The fourth-order valence-electron chi connectivity index (χ4n) is 2.40. The van der Waals surface area contributed by atoms with Gasteiger partial charge in [0, 0.05) is 12.6 Å². The number of rotatable bonds is 5. The zero-order valence-corrected chi connectivity index (χ0v) is 11.1. The first-order valence-corrected chi connectivity index (χ1v) is 6.76. The van der Waals surface area contributed by atoms with Crippen LogP contribution in [-0.2, 0) is 6.42 Å². The van der Waals surface area contributed by atoms with E-state index in [9.17, 15) is 0 Å². The summed E-state index contributed by atoms with van der Waals surface area (Å²) in [6.07, 6.45) is 3.80. The average molecular weight is 232 g/mol. The molecule has 2 rings (SSSR count). The van der Waals surface area contributed by atoms with Gasteiger partial charge in [-0.15, -0.1) is 0 Å². The Hall–Kier alpha value is -0.860. The minimum atomic E-state index is 0.703. The molecule has 94 valence electrons. The van der Waals surface area contributed by atoms with Crippen LogP contribution in [0.5, 0.6) is 0 Å². The van der Waals surface area contributed by atoms with Gasteiger partial charge in [-0.3, -0.25) is 0 Å². The van der Waals surface area contributed by atoms with Crippen LogP contribution in [0, 0.1) is 13.8 Å². The summed E-state index contributed by atoms with van der Waals surface area (Å²) in [5.41, 5.74) is 4.23. The maximum atomic E-state index is 3.55. The lowest BCUT2D eigenvalue weighted by Crippen LogP contribution is -2.34. The normalized spacial score (nSPS) is 19.8. The Balaban J connectivity index is 1.68. The zero-order chi connectivity index (χ0) is 12.1. The molecule has 17 heavy (non-hydrogen) atoms. The van der Waals surface area contributed by atoms with E-state index in [0.717, 1.165) is 19.5 Å². The van der Waals surface area contributed by atoms with Crippen molar-refractivity contribution in [2.24, 2.45) is 0 Å². The first kappa shape index (κ1) is 12.6. The van der Waals surface area contributed by atoms with Gasteiger partial charge in [0.25, 0.3) is 0 Å². The minimum absolute atomic E-state index is 0.703. The molecular weight excluding hydrogens is 208 g/mol. The third-order valence-corrected chi connectivity index (χ3v) is 3.71. The first-order chi connectivity index (χ1) is 8.25. The molecule has 1 fully saturated rings. The van der Waals surface area contributed by atoms with Crippen LogP contribution in [0.25, 0.3) is 0 Å². The third-order valence-electron chi connectivity index (χ3n) is 3.71. The summed E-state index contributed by atoms with van der Waals surface area (Å²) in [5.74, 6) is 0. The zero-order valence-electron chi connectivity index (χ0n) is 11.1. The van der Waals surface area contributed by atoms with Crippen molar-refractivity contribution in [1.82, 2.24) is 10.6 Å². The summed E-state index contributed by atoms with van der Waals surface area (Å²) < 4.78 is 0.